The van der Waals surface area contributed by atoms with Gasteiger partial charge in [-0.05, 0) is 42.0 Å². The monoisotopic (exact) mass is 254 g/mol. The Morgan fingerprint density at radius 2 is 1.95 bits per heavy atom. The van der Waals surface area contributed by atoms with Gasteiger partial charge in [-0.15, -0.1) is 0 Å². The molecule has 0 saturated carbocycles. The number of aliphatic hydroxyl groups excluding tert-OH is 1. The standard InChI is InChI=1S/C15H14N2O2/c16-9-11-4-6-14(7-5-11)19-10-15(18)12-2-1-3-13(17)8-12/h1-8,15,18H,10,17H2. The molecule has 4 heteroatoms. The predicted molar refractivity (Wildman–Crippen MR) is 72.5 cm³/mol. The number of nitrogens with two attached hydrogens (primary N) is 1. The summed E-state index contributed by atoms with van der Waals surface area (Å²) in [5.41, 5.74) is 7.55. The molecule has 0 bridgehead atoms. The van der Waals surface area contributed by atoms with Crippen molar-refractivity contribution in [3.63, 3.8) is 0 Å². The van der Waals surface area contributed by atoms with E-state index in [9.17, 15) is 5.11 Å². The van der Waals surface area contributed by atoms with Crippen LogP contribution in [0.3, 0.4) is 0 Å². The van der Waals surface area contributed by atoms with Crippen LogP contribution >= 0.6 is 0 Å². The first-order chi connectivity index (χ1) is 9.19. The molecule has 0 heterocycles. The number of anilines is 1. The topological polar surface area (TPSA) is 79.3 Å². The molecule has 0 aromatic heterocycles. The van der Waals surface area contributed by atoms with Crippen LogP contribution in [0, 0.1) is 11.3 Å². The van der Waals surface area contributed by atoms with Gasteiger partial charge in [0, 0.05) is 5.69 Å². The van der Waals surface area contributed by atoms with Crippen LogP contribution in [-0.2, 0) is 0 Å². The summed E-state index contributed by atoms with van der Waals surface area (Å²) in [4.78, 5) is 0. The number of hydrogen-bond donors (Lipinski definition) is 2. The van der Waals surface area contributed by atoms with Crippen molar-refractivity contribution in [1.82, 2.24) is 0 Å². The molecule has 0 saturated heterocycles. The van der Waals surface area contributed by atoms with Crippen LogP contribution < -0.4 is 10.5 Å². The zero-order valence-corrected chi connectivity index (χ0v) is 10.3. The molecule has 19 heavy (non-hydrogen) atoms. The van der Waals surface area contributed by atoms with Crippen molar-refractivity contribution in [3.8, 4) is 11.8 Å². The summed E-state index contributed by atoms with van der Waals surface area (Å²) in [6.45, 7) is 0.134. The average Bonchev–Trinajstić information content (AvgIpc) is 2.45. The number of nitriles is 1. The minimum Gasteiger partial charge on any atom is -0.491 e. The van der Waals surface area contributed by atoms with Crippen LogP contribution in [0.1, 0.15) is 17.2 Å². The van der Waals surface area contributed by atoms with Crippen LogP contribution in [0.25, 0.3) is 0 Å². The first-order valence-corrected chi connectivity index (χ1v) is 5.85. The summed E-state index contributed by atoms with van der Waals surface area (Å²) in [5.74, 6) is 0.613. The second-order valence-corrected chi connectivity index (χ2v) is 4.13. The molecule has 0 aliphatic heterocycles. The zero-order chi connectivity index (χ0) is 13.7. The molecule has 2 rings (SSSR count). The van der Waals surface area contributed by atoms with Crippen molar-refractivity contribution in [2.24, 2.45) is 0 Å². The number of nitrogens with zero attached hydrogens (tertiary/aromatic N) is 1. The number of hydrogen-bond acceptors (Lipinski definition) is 4. The van der Waals surface area contributed by atoms with E-state index in [1.165, 1.54) is 0 Å². The highest BCUT2D eigenvalue weighted by Crippen LogP contribution is 2.18. The van der Waals surface area contributed by atoms with Crippen molar-refractivity contribution in [3.05, 3.63) is 59.7 Å². The normalized spacial score (nSPS) is 11.6. The van der Waals surface area contributed by atoms with Crippen molar-refractivity contribution < 1.29 is 9.84 Å². The molecule has 1 atom stereocenters. The first kappa shape index (κ1) is 12.9. The molecule has 0 aliphatic rings. The quantitative estimate of drug-likeness (QED) is 0.820. The smallest absolute Gasteiger partial charge is 0.119 e. The van der Waals surface area contributed by atoms with Crippen molar-refractivity contribution in [2.45, 2.75) is 6.10 Å². The molecular formula is C15H14N2O2. The SMILES string of the molecule is N#Cc1ccc(OCC(O)c2cccc(N)c2)cc1. The minimum absolute atomic E-state index is 0.134. The molecule has 0 radical (unpaired) electrons. The summed E-state index contributed by atoms with van der Waals surface area (Å²) in [5, 5.41) is 18.7. The van der Waals surface area contributed by atoms with Gasteiger partial charge >= 0.3 is 0 Å². The van der Waals surface area contributed by atoms with E-state index in [4.69, 9.17) is 15.7 Å². The summed E-state index contributed by atoms with van der Waals surface area (Å²) >= 11 is 0. The molecule has 2 aromatic carbocycles. The summed E-state index contributed by atoms with van der Waals surface area (Å²) in [6.07, 6.45) is -0.737. The second kappa shape index (κ2) is 5.89. The lowest BCUT2D eigenvalue weighted by Crippen LogP contribution is -2.09. The van der Waals surface area contributed by atoms with Crippen LogP contribution in [0.5, 0.6) is 5.75 Å². The molecular weight excluding hydrogens is 240 g/mol. The fourth-order valence-corrected chi connectivity index (χ4v) is 1.66. The Balaban J connectivity index is 1.96. The van der Waals surface area contributed by atoms with Crippen molar-refractivity contribution in [1.29, 1.82) is 5.26 Å². The lowest BCUT2D eigenvalue weighted by molar-refractivity contribution is 0.108. The van der Waals surface area contributed by atoms with Gasteiger partial charge in [0.2, 0.25) is 0 Å². The van der Waals surface area contributed by atoms with Crippen molar-refractivity contribution in [2.75, 3.05) is 12.3 Å². The highest BCUT2D eigenvalue weighted by molar-refractivity contribution is 5.41. The Bertz CT molecular complexity index is 588. The van der Waals surface area contributed by atoms with E-state index in [1.54, 1.807) is 48.5 Å². The Labute approximate surface area is 111 Å². The largest absolute Gasteiger partial charge is 0.491 e. The average molecular weight is 254 g/mol. The maximum atomic E-state index is 9.97. The molecule has 96 valence electrons. The molecule has 0 aliphatic carbocycles. The maximum absolute atomic E-state index is 9.97. The van der Waals surface area contributed by atoms with E-state index in [2.05, 4.69) is 0 Å². The number of benzene rings is 2. The zero-order valence-electron chi connectivity index (χ0n) is 10.3. The van der Waals surface area contributed by atoms with E-state index < -0.39 is 6.10 Å². The second-order valence-electron chi connectivity index (χ2n) is 4.13. The predicted octanol–water partition coefficient (Wildman–Crippen LogP) is 2.25. The molecule has 3 N–H and O–H groups in total. The molecule has 2 aromatic rings. The fourth-order valence-electron chi connectivity index (χ4n) is 1.66. The summed E-state index contributed by atoms with van der Waals surface area (Å²) in [7, 11) is 0. The first-order valence-electron chi connectivity index (χ1n) is 5.85. The third-order valence-corrected chi connectivity index (χ3v) is 2.69. The van der Waals surface area contributed by atoms with Gasteiger partial charge in [0.15, 0.2) is 0 Å². The lowest BCUT2D eigenvalue weighted by atomic mass is 10.1. The van der Waals surface area contributed by atoms with E-state index in [1.807, 2.05) is 6.07 Å². The van der Waals surface area contributed by atoms with E-state index in [-0.39, 0.29) is 6.61 Å². The van der Waals surface area contributed by atoms with Crippen LogP contribution in [0.4, 0.5) is 5.69 Å². The lowest BCUT2D eigenvalue weighted by Gasteiger charge is -2.13. The van der Waals surface area contributed by atoms with Crippen LogP contribution in [0.15, 0.2) is 48.5 Å². The van der Waals surface area contributed by atoms with E-state index in [0.717, 1.165) is 0 Å². The van der Waals surface area contributed by atoms with Gasteiger partial charge in [0.05, 0.1) is 11.6 Å². The molecule has 0 fully saturated rings. The minimum atomic E-state index is -0.737. The number of rotatable bonds is 4. The number of aliphatic hydroxyl groups is 1. The Kier molecular flexibility index (Phi) is 4.01. The Morgan fingerprint density at radius 3 is 2.58 bits per heavy atom. The maximum Gasteiger partial charge on any atom is 0.119 e. The third-order valence-electron chi connectivity index (χ3n) is 2.69. The Morgan fingerprint density at radius 1 is 1.21 bits per heavy atom. The number of nitrogen functional groups attached to an aromatic ring is 1. The third kappa shape index (κ3) is 3.47. The van der Waals surface area contributed by atoms with Gasteiger partial charge < -0.3 is 15.6 Å². The van der Waals surface area contributed by atoms with Gasteiger partial charge in [-0.25, -0.2) is 0 Å². The van der Waals surface area contributed by atoms with Gasteiger partial charge in [-0.2, -0.15) is 5.26 Å². The van der Waals surface area contributed by atoms with E-state index in [0.29, 0.717) is 22.6 Å². The fraction of sp³-hybridized carbons (Fsp3) is 0.133. The van der Waals surface area contributed by atoms with Crippen molar-refractivity contribution >= 4 is 5.69 Å². The summed E-state index contributed by atoms with van der Waals surface area (Å²) < 4.78 is 5.46. The molecule has 0 amide bonds. The summed E-state index contributed by atoms with van der Waals surface area (Å²) in [6, 6.07) is 15.8. The van der Waals surface area contributed by atoms with E-state index >= 15 is 0 Å². The highest BCUT2D eigenvalue weighted by atomic mass is 16.5. The van der Waals surface area contributed by atoms with Gasteiger partial charge in [0.25, 0.3) is 0 Å². The number of ether oxygens (including phenoxy) is 1. The molecule has 4 nitrogen and oxygen atoms in total. The molecule has 1 unspecified atom stereocenters. The van der Waals surface area contributed by atoms with Gasteiger partial charge in [-0.3, -0.25) is 0 Å². The molecule has 0 spiro atoms. The van der Waals surface area contributed by atoms with Crippen LogP contribution in [-0.4, -0.2) is 11.7 Å². The van der Waals surface area contributed by atoms with Gasteiger partial charge in [-0.1, -0.05) is 12.1 Å². The van der Waals surface area contributed by atoms with Crippen LogP contribution in [0.2, 0.25) is 0 Å². The highest BCUT2D eigenvalue weighted by Gasteiger charge is 2.08. The van der Waals surface area contributed by atoms with Gasteiger partial charge in [0.1, 0.15) is 18.5 Å². The Hall–Kier alpha value is -2.51.